The molecule has 1 aliphatic rings. The number of hydrogen-bond acceptors (Lipinski definition) is 9. The Hall–Kier alpha value is -2.24. The maximum atomic E-state index is 11.5. The van der Waals surface area contributed by atoms with Crippen LogP contribution in [0.1, 0.15) is 40.0 Å². The van der Waals surface area contributed by atoms with Gasteiger partial charge in [-0.25, -0.2) is 9.59 Å². The van der Waals surface area contributed by atoms with Crippen LogP contribution in [0.5, 0.6) is 0 Å². The van der Waals surface area contributed by atoms with E-state index in [4.69, 9.17) is 23.8 Å². The van der Waals surface area contributed by atoms with Gasteiger partial charge in [-0.15, -0.1) is 5.06 Å². The fraction of sp³-hybridized carbons (Fsp3) is 0.778. The molecular formula is C18H30N2O9. The molecule has 0 aromatic rings. The lowest BCUT2D eigenvalue weighted by atomic mass is 10.2. The van der Waals surface area contributed by atoms with Gasteiger partial charge in [-0.05, 0) is 20.8 Å². The number of alkyl carbamates (subject to hydrolysis) is 1. The number of ether oxygens (including phenoxy) is 4. The topological polar surface area (TPSA) is 130 Å². The average molecular weight is 418 g/mol. The lowest BCUT2D eigenvalue weighted by molar-refractivity contribution is -0.198. The molecule has 0 bridgehead atoms. The van der Waals surface area contributed by atoms with Crippen LogP contribution in [0, 0.1) is 0 Å². The zero-order valence-electron chi connectivity index (χ0n) is 17.2. The maximum Gasteiger partial charge on any atom is 0.407 e. The highest BCUT2D eigenvalue weighted by Gasteiger charge is 2.32. The third-order valence-electron chi connectivity index (χ3n) is 3.31. The number of nitrogens with zero attached hydrogens (tertiary/aromatic N) is 1. The molecule has 29 heavy (non-hydrogen) atoms. The normalized spacial score (nSPS) is 14.2. The molecule has 1 aliphatic heterocycles. The molecule has 0 atom stereocenters. The van der Waals surface area contributed by atoms with E-state index in [9.17, 15) is 19.2 Å². The number of hydroxylamine groups is 2. The van der Waals surface area contributed by atoms with Gasteiger partial charge >= 0.3 is 12.1 Å². The van der Waals surface area contributed by atoms with Crippen molar-refractivity contribution in [3.63, 3.8) is 0 Å². The molecule has 0 radical (unpaired) electrons. The van der Waals surface area contributed by atoms with Gasteiger partial charge in [0.15, 0.2) is 0 Å². The summed E-state index contributed by atoms with van der Waals surface area (Å²) in [7, 11) is 0. The van der Waals surface area contributed by atoms with Crippen molar-refractivity contribution in [2.24, 2.45) is 0 Å². The first-order valence-corrected chi connectivity index (χ1v) is 9.45. The minimum atomic E-state index is -0.706. The highest BCUT2D eigenvalue weighted by molar-refractivity contribution is 6.01. The van der Waals surface area contributed by atoms with Crippen LogP contribution in [0.25, 0.3) is 0 Å². The zero-order chi connectivity index (χ0) is 21.7. The lowest BCUT2D eigenvalue weighted by Crippen LogP contribution is -2.34. The second kappa shape index (κ2) is 13.1. The second-order valence-corrected chi connectivity index (χ2v) is 7.06. The largest absolute Gasteiger partial charge is 0.444 e. The Morgan fingerprint density at radius 3 is 1.97 bits per heavy atom. The van der Waals surface area contributed by atoms with Crippen LogP contribution in [-0.2, 0) is 38.2 Å². The Balaban J connectivity index is 1.86. The average Bonchev–Trinajstić information content (AvgIpc) is 2.93. The van der Waals surface area contributed by atoms with E-state index in [1.165, 1.54) is 0 Å². The standard InChI is InChI=1S/C18H30N2O9/c1-18(2,3)28-17(24)19-7-9-26-11-13-27-12-10-25-8-6-16(23)29-20-14(21)4-5-15(20)22/h4-13H2,1-3H3,(H,19,24). The van der Waals surface area contributed by atoms with Crippen LogP contribution in [0.15, 0.2) is 0 Å². The predicted molar refractivity (Wildman–Crippen MR) is 98.5 cm³/mol. The van der Waals surface area contributed by atoms with Gasteiger partial charge < -0.3 is 29.1 Å². The molecule has 11 heteroatoms. The minimum Gasteiger partial charge on any atom is -0.444 e. The van der Waals surface area contributed by atoms with Crippen LogP contribution in [0.2, 0.25) is 0 Å². The third-order valence-corrected chi connectivity index (χ3v) is 3.31. The van der Waals surface area contributed by atoms with Crippen molar-refractivity contribution in [3.05, 3.63) is 0 Å². The maximum absolute atomic E-state index is 11.5. The molecule has 0 unspecified atom stereocenters. The molecule has 0 aromatic carbocycles. The molecule has 0 spiro atoms. The minimum absolute atomic E-state index is 0.0594. The first kappa shape index (κ1) is 24.8. The number of nitrogens with one attached hydrogen (secondary N) is 1. The summed E-state index contributed by atoms with van der Waals surface area (Å²) in [5, 5.41) is 3.08. The number of rotatable bonds is 13. The molecule has 1 fully saturated rings. The number of hydrogen-bond donors (Lipinski definition) is 1. The molecule has 3 amide bonds. The van der Waals surface area contributed by atoms with Crippen molar-refractivity contribution in [2.45, 2.75) is 45.6 Å². The van der Waals surface area contributed by atoms with Gasteiger partial charge in [0, 0.05) is 19.4 Å². The first-order chi connectivity index (χ1) is 13.7. The van der Waals surface area contributed by atoms with Crippen molar-refractivity contribution in [2.75, 3.05) is 46.2 Å². The summed E-state index contributed by atoms with van der Waals surface area (Å²) in [6, 6.07) is 0. The van der Waals surface area contributed by atoms with Gasteiger partial charge in [-0.3, -0.25) is 9.59 Å². The molecule has 1 saturated heterocycles. The van der Waals surface area contributed by atoms with E-state index in [0.717, 1.165) is 0 Å². The molecule has 166 valence electrons. The third kappa shape index (κ3) is 12.0. The Bertz CT molecular complexity index is 544. The number of imide groups is 1. The van der Waals surface area contributed by atoms with E-state index in [1.807, 2.05) is 0 Å². The lowest BCUT2D eigenvalue weighted by Gasteiger charge is -2.19. The summed E-state index contributed by atoms with van der Waals surface area (Å²) in [5.41, 5.74) is -0.535. The second-order valence-electron chi connectivity index (χ2n) is 7.06. The molecule has 1 heterocycles. The highest BCUT2D eigenvalue weighted by Crippen LogP contribution is 2.12. The molecule has 11 nitrogen and oxygen atoms in total. The van der Waals surface area contributed by atoms with Crippen molar-refractivity contribution >= 4 is 23.9 Å². The van der Waals surface area contributed by atoms with Crippen LogP contribution >= 0.6 is 0 Å². The zero-order valence-corrected chi connectivity index (χ0v) is 17.2. The summed E-state index contributed by atoms with van der Waals surface area (Å²) in [6.07, 6.45) is -0.449. The molecule has 1 N–H and O–H groups in total. The molecule has 1 rings (SSSR count). The van der Waals surface area contributed by atoms with E-state index in [2.05, 4.69) is 5.32 Å². The van der Waals surface area contributed by atoms with Gasteiger partial charge in [-0.2, -0.15) is 0 Å². The van der Waals surface area contributed by atoms with Crippen LogP contribution in [0.3, 0.4) is 0 Å². The van der Waals surface area contributed by atoms with E-state index in [0.29, 0.717) is 38.0 Å². The van der Waals surface area contributed by atoms with Crippen LogP contribution in [-0.4, -0.2) is 80.7 Å². The fourth-order valence-corrected chi connectivity index (χ4v) is 2.04. The summed E-state index contributed by atoms with van der Waals surface area (Å²) in [6.45, 7) is 7.43. The summed E-state index contributed by atoms with van der Waals surface area (Å²) < 4.78 is 20.9. The van der Waals surface area contributed by atoms with E-state index in [1.54, 1.807) is 20.8 Å². The van der Waals surface area contributed by atoms with Gasteiger partial charge in [0.1, 0.15) is 5.60 Å². The number of carbonyl (C=O) groups excluding carboxylic acids is 4. The van der Waals surface area contributed by atoms with Gasteiger partial charge in [-0.1, -0.05) is 0 Å². The fourth-order valence-electron chi connectivity index (χ4n) is 2.04. The Labute approximate surface area is 169 Å². The predicted octanol–water partition coefficient (Wildman–Crippen LogP) is 0.558. The van der Waals surface area contributed by atoms with E-state index in [-0.39, 0.29) is 32.5 Å². The van der Waals surface area contributed by atoms with E-state index >= 15 is 0 Å². The number of amides is 3. The summed E-state index contributed by atoms with van der Waals surface area (Å²) in [5.74, 6) is -1.73. The molecular weight excluding hydrogens is 388 g/mol. The van der Waals surface area contributed by atoms with Gasteiger partial charge in [0.05, 0.1) is 46.1 Å². The van der Waals surface area contributed by atoms with Crippen LogP contribution in [0.4, 0.5) is 4.79 Å². The van der Waals surface area contributed by atoms with Crippen molar-refractivity contribution < 1.29 is 43.0 Å². The van der Waals surface area contributed by atoms with Crippen LogP contribution < -0.4 is 5.32 Å². The van der Waals surface area contributed by atoms with E-state index < -0.39 is 29.5 Å². The first-order valence-electron chi connectivity index (χ1n) is 9.45. The van der Waals surface area contributed by atoms with Crippen molar-refractivity contribution in [1.82, 2.24) is 10.4 Å². The molecule has 0 aromatic heterocycles. The van der Waals surface area contributed by atoms with Crippen molar-refractivity contribution in [3.8, 4) is 0 Å². The quantitative estimate of drug-likeness (QED) is 0.337. The SMILES string of the molecule is CC(C)(C)OC(=O)NCCOCCOCCOCCC(=O)ON1C(=O)CCC1=O. The molecule has 0 saturated carbocycles. The highest BCUT2D eigenvalue weighted by atomic mass is 16.7. The Kier molecular flexibility index (Phi) is 11.2. The van der Waals surface area contributed by atoms with Gasteiger partial charge in [0.25, 0.3) is 11.8 Å². The molecule has 0 aliphatic carbocycles. The van der Waals surface area contributed by atoms with Gasteiger partial charge in [0.2, 0.25) is 0 Å². The summed E-state index contributed by atoms with van der Waals surface area (Å²) >= 11 is 0. The monoisotopic (exact) mass is 418 g/mol. The number of carbonyl (C=O) groups is 4. The smallest absolute Gasteiger partial charge is 0.407 e. The summed E-state index contributed by atoms with van der Waals surface area (Å²) in [4.78, 5) is 50.2. The Morgan fingerprint density at radius 2 is 1.41 bits per heavy atom. The van der Waals surface area contributed by atoms with Crippen molar-refractivity contribution in [1.29, 1.82) is 0 Å². The Morgan fingerprint density at radius 1 is 0.897 bits per heavy atom.